The topological polar surface area (TPSA) is 79.5 Å². The summed E-state index contributed by atoms with van der Waals surface area (Å²) in [5, 5.41) is 0. The van der Waals surface area contributed by atoms with E-state index in [1.54, 1.807) is 25.4 Å². The van der Waals surface area contributed by atoms with Crippen molar-refractivity contribution in [2.75, 3.05) is 25.9 Å². The van der Waals surface area contributed by atoms with E-state index >= 15 is 0 Å². The van der Waals surface area contributed by atoms with Crippen LogP contribution in [0.15, 0.2) is 18.3 Å². The Morgan fingerprint density at radius 2 is 2.12 bits per heavy atom. The van der Waals surface area contributed by atoms with Crippen LogP contribution in [0, 0.1) is 0 Å². The van der Waals surface area contributed by atoms with Gasteiger partial charge in [-0.15, -0.1) is 0 Å². The summed E-state index contributed by atoms with van der Waals surface area (Å²) in [7, 11) is 1.62. The lowest BCUT2D eigenvalue weighted by Gasteiger charge is -2.31. The first kappa shape index (κ1) is 11.4. The summed E-state index contributed by atoms with van der Waals surface area (Å²) in [6.07, 6.45) is 1.59. The van der Waals surface area contributed by atoms with Gasteiger partial charge in [0, 0.05) is 38.4 Å². The molecule has 0 saturated carbocycles. The van der Waals surface area contributed by atoms with Gasteiger partial charge in [-0.2, -0.15) is 0 Å². The van der Waals surface area contributed by atoms with E-state index in [4.69, 9.17) is 5.73 Å². The van der Waals surface area contributed by atoms with E-state index in [-0.39, 0.29) is 0 Å². The fourth-order valence-electron chi connectivity index (χ4n) is 1.71. The molecule has 6 heteroatoms. The van der Waals surface area contributed by atoms with E-state index in [9.17, 15) is 9.59 Å². The number of nitrogen functional groups attached to an aromatic ring is 1. The number of amides is 2. The van der Waals surface area contributed by atoms with Crippen molar-refractivity contribution in [3.63, 3.8) is 0 Å². The zero-order valence-corrected chi connectivity index (χ0v) is 9.59. The lowest BCUT2D eigenvalue weighted by atomic mass is 10.2. The molecule has 0 spiro atoms. The van der Waals surface area contributed by atoms with E-state index in [1.165, 1.54) is 9.80 Å². The number of likely N-dealkylation sites (N-methyl/N-ethyl adjacent to an activating group) is 1. The molecular formula is C11H14N4O2. The molecule has 6 nitrogen and oxygen atoms in total. The fourth-order valence-corrected chi connectivity index (χ4v) is 1.71. The maximum atomic E-state index is 11.7. The summed E-state index contributed by atoms with van der Waals surface area (Å²) in [5.41, 5.74) is 6.46. The summed E-state index contributed by atoms with van der Waals surface area (Å²) in [6, 6.07) is 3.56. The molecule has 1 aliphatic rings. The number of nitrogens with zero attached hydrogens (tertiary/aromatic N) is 3. The van der Waals surface area contributed by atoms with Crippen molar-refractivity contribution >= 4 is 17.6 Å². The first-order valence-electron chi connectivity index (χ1n) is 5.33. The molecule has 17 heavy (non-hydrogen) atoms. The van der Waals surface area contributed by atoms with Gasteiger partial charge in [0.25, 0.3) is 0 Å². The van der Waals surface area contributed by atoms with E-state index in [1.807, 2.05) is 0 Å². The molecule has 1 saturated heterocycles. The third-order valence-electron chi connectivity index (χ3n) is 2.81. The van der Waals surface area contributed by atoms with Gasteiger partial charge in [0.15, 0.2) is 0 Å². The van der Waals surface area contributed by atoms with Crippen LogP contribution in [-0.2, 0) is 16.1 Å². The van der Waals surface area contributed by atoms with Crippen molar-refractivity contribution in [3.05, 3.63) is 23.9 Å². The van der Waals surface area contributed by atoms with Gasteiger partial charge >= 0.3 is 11.8 Å². The second-order valence-corrected chi connectivity index (χ2v) is 4.00. The molecule has 0 radical (unpaired) electrons. The number of piperazine rings is 1. The van der Waals surface area contributed by atoms with Crippen molar-refractivity contribution in [2.45, 2.75) is 6.54 Å². The number of carbonyl (C=O) groups is 2. The summed E-state index contributed by atoms with van der Waals surface area (Å²) in [4.78, 5) is 30.1. The van der Waals surface area contributed by atoms with Gasteiger partial charge in [0.2, 0.25) is 0 Å². The highest BCUT2D eigenvalue weighted by molar-refractivity contribution is 6.35. The fraction of sp³-hybridized carbons (Fsp3) is 0.364. The summed E-state index contributed by atoms with van der Waals surface area (Å²) >= 11 is 0. The number of carbonyl (C=O) groups excluding carboxylic acids is 2. The van der Waals surface area contributed by atoms with E-state index in [0.717, 1.165) is 5.56 Å². The molecule has 1 fully saturated rings. The lowest BCUT2D eigenvalue weighted by Crippen LogP contribution is -2.52. The van der Waals surface area contributed by atoms with Crippen LogP contribution < -0.4 is 5.73 Å². The molecule has 1 aliphatic heterocycles. The van der Waals surface area contributed by atoms with Crippen LogP contribution in [0.25, 0.3) is 0 Å². The van der Waals surface area contributed by atoms with E-state index in [0.29, 0.717) is 25.5 Å². The zero-order chi connectivity index (χ0) is 12.4. The highest BCUT2D eigenvalue weighted by atomic mass is 16.2. The first-order chi connectivity index (χ1) is 8.09. The van der Waals surface area contributed by atoms with Crippen LogP contribution in [0.2, 0.25) is 0 Å². The molecule has 2 N–H and O–H groups in total. The second kappa shape index (κ2) is 4.40. The minimum absolute atomic E-state index is 0.331. The smallest absolute Gasteiger partial charge is 0.312 e. The maximum Gasteiger partial charge on any atom is 0.312 e. The number of aromatic nitrogens is 1. The van der Waals surface area contributed by atoms with Crippen LogP contribution >= 0.6 is 0 Å². The average Bonchev–Trinajstić information content (AvgIpc) is 2.32. The molecule has 1 aromatic heterocycles. The normalized spacial score (nSPS) is 16.5. The summed E-state index contributed by atoms with van der Waals surface area (Å²) in [5.74, 6) is -0.563. The summed E-state index contributed by atoms with van der Waals surface area (Å²) < 4.78 is 0. The summed E-state index contributed by atoms with van der Waals surface area (Å²) in [6.45, 7) is 1.40. The lowest BCUT2D eigenvalue weighted by molar-refractivity contribution is -0.155. The van der Waals surface area contributed by atoms with Crippen LogP contribution in [0.3, 0.4) is 0 Å². The Bertz CT molecular complexity index is 461. The molecule has 0 unspecified atom stereocenters. The molecule has 1 aromatic rings. The van der Waals surface area contributed by atoms with Crippen molar-refractivity contribution in [2.24, 2.45) is 0 Å². The highest BCUT2D eigenvalue weighted by Crippen LogP contribution is 2.13. The van der Waals surface area contributed by atoms with Crippen molar-refractivity contribution < 1.29 is 9.59 Å². The number of nitrogens with two attached hydrogens (primary N) is 1. The maximum absolute atomic E-state index is 11.7. The van der Waals surface area contributed by atoms with Crippen LogP contribution in [0.5, 0.6) is 0 Å². The third-order valence-corrected chi connectivity index (χ3v) is 2.81. The third kappa shape index (κ3) is 2.20. The number of hydrogen-bond donors (Lipinski definition) is 1. The Labute approximate surface area is 99.0 Å². The standard InChI is InChI=1S/C11H14N4O2/c1-14-5-6-15(11(17)10(14)16)7-8-3-2-4-13-9(8)12/h2-4H,5-7H2,1H3,(H2,12,13). The number of anilines is 1. The van der Waals surface area contributed by atoms with Crippen molar-refractivity contribution in [1.82, 2.24) is 14.8 Å². The van der Waals surface area contributed by atoms with Crippen LogP contribution in [0.4, 0.5) is 5.82 Å². The molecule has 90 valence electrons. The predicted octanol–water partition coefficient (Wildman–Crippen LogP) is -0.536. The minimum Gasteiger partial charge on any atom is -0.383 e. The number of rotatable bonds is 2. The zero-order valence-electron chi connectivity index (χ0n) is 9.59. The molecule has 2 rings (SSSR count). The molecular weight excluding hydrogens is 220 g/mol. The van der Waals surface area contributed by atoms with Crippen molar-refractivity contribution in [3.8, 4) is 0 Å². The largest absolute Gasteiger partial charge is 0.383 e. The SMILES string of the molecule is CN1CCN(Cc2cccnc2N)C(=O)C1=O. The Hall–Kier alpha value is -2.11. The quantitative estimate of drug-likeness (QED) is 0.697. The van der Waals surface area contributed by atoms with Crippen LogP contribution in [0.1, 0.15) is 5.56 Å². The Morgan fingerprint density at radius 1 is 1.35 bits per heavy atom. The van der Waals surface area contributed by atoms with Gasteiger partial charge in [0.1, 0.15) is 5.82 Å². The first-order valence-corrected chi connectivity index (χ1v) is 5.33. The van der Waals surface area contributed by atoms with E-state index < -0.39 is 11.8 Å². The van der Waals surface area contributed by atoms with Gasteiger partial charge < -0.3 is 15.5 Å². The second-order valence-electron chi connectivity index (χ2n) is 4.00. The highest BCUT2D eigenvalue weighted by Gasteiger charge is 2.30. The van der Waals surface area contributed by atoms with Gasteiger partial charge in [-0.3, -0.25) is 9.59 Å². The number of pyridine rings is 1. The molecule has 2 amide bonds. The van der Waals surface area contributed by atoms with Crippen LogP contribution in [-0.4, -0.2) is 46.7 Å². The number of hydrogen-bond acceptors (Lipinski definition) is 4. The van der Waals surface area contributed by atoms with E-state index in [2.05, 4.69) is 4.98 Å². The molecule has 0 atom stereocenters. The minimum atomic E-state index is -0.484. The Balaban J connectivity index is 2.12. The predicted molar refractivity (Wildman–Crippen MR) is 61.7 cm³/mol. The van der Waals surface area contributed by atoms with Gasteiger partial charge in [-0.1, -0.05) is 6.07 Å². The van der Waals surface area contributed by atoms with Crippen molar-refractivity contribution in [1.29, 1.82) is 0 Å². The van der Waals surface area contributed by atoms with Gasteiger partial charge in [0.05, 0.1) is 0 Å². The Morgan fingerprint density at radius 3 is 2.82 bits per heavy atom. The van der Waals surface area contributed by atoms with Gasteiger partial charge in [-0.05, 0) is 6.07 Å². The molecule has 0 aliphatic carbocycles. The monoisotopic (exact) mass is 234 g/mol. The van der Waals surface area contributed by atoms with Gasteiger partial charge in [-0.25, -0.2) is 4.98 Å². The molecule has 0 bridgehead atoms. The average molecular weight is 234 g/mol. The molecule has 2 heterocycles. The molecule has 0 aromatic carbocycles. The Kier molecular flexibility index (Phi) is 2.95.